The van der Waals surface area contributed by atoms with Crippen LogP contribution in [0.5, 0.6) is 0 Å². The average molecular weight is 233 g/mol. The van der Waals surface area contributed by atoms with E-state index in [-0.39, 0.29) is 0 Å². The van der Waals surface area contributed by atoms with Gasteiger partial charge in [-0.15, -0.1) is 0 Å². The van der Waals surface area contributed by atoms with Gasteiger partial charge in [0.2, 0.25) is 0 Å². The normalized spacial score (nSPS) is 14.9. The van der Waals surface area contributed by atoms with E-state index < -0.39 is 11.5 Å². The van der Waals surface area contributed by atoms with E-state index in [9.17, 15) is 4.79 Å². The van der Waals surface area contributed by atoms with Crippen molar-refractivity contribution in [3.05, 3.63) is 0 Å². The molecule has 1 atom stereocenters. The molecule has 0 amide bonds. The fraction of sp³-hybridized carbons (Fsp3) is 0.909. The molecule has 0 saturated carbocycles. The Morgan fingerprint density at radius 1 is 1.27 bits per heavy atom. The number of carboxylic acid groups (broad SMARTS) is 1. The van der Waals surface area contributed by atoms with E-state index in [2.05, 4.69) is 6.92 Å². The number of carbonyl (C=O) groups is 1. The number of hydrogen-bond donors (Lipinski definition) is 2. The van der Waals surface area contributed by atoms with E-state index >= 15 is 0 Å². The van der Waals surface area contributed by atoms with Gasteiger partial charge in [0, 0.05) is 0 Å². The van der Waals surface area contributed by atoms with Crippen LogP contribution in [0.4, 0.5) is 0 Å². The highest BCUT2D eigenvalue weighted by molar-refractivity contribution is 7.99. The predicted octanol–water partition coefficient (Wildman–Crippen LogP) is 2.49. The van der Waals surface area contributed by atoms with E-state index in [0.717, 1.165) is 17.9 Å². The van der Waals surface area contributed by atoms with Crippen LogP contribution in [-0.4, -0.2) is 28.1 Å². The molecule has 3 nitrogen and oxygen atoms in total. The molecule has 0 aromatic rings. The molecule has 0 aromatic heterocycles. The van der Waals surface area contributed by atoms with Crippen molar-refractivity contribution in [2.45, 2.75) is 51.5 Å². The average Bonchev–Trinajstić information content (AvgIpc) is 2.18. The van der Waals surface area contributed by atoms with Gasteiger partial charge < -0.3 is 10.8 Å². The van der Waals surface area contributed by atoms with Crippen molar-refractivity contribution in [1.29, 1.82) is 0 Å². The lowest BCUT2D eigenvalue weighted by molar-refractivity contribution is -0.143. The first-order chi connectivity index (χ1) is 7.06. The Morgan fingerprint density at radius 2 is 1.93 bits per heavy atom. The molecule has 90 valence electrons. The Bertz CT molecular complexity index is 187. The van der Waals surface area contributed by atoms with Crippen LogP contribution in [0.3, 0.4) is 0 Å². The number of nitrogens with two attached hydrogens (primary N) is 1. The first kappa shape index (κ1) is 14.8. The van der Waals surface area contributed by atoms with Gasteiger partial charge in [0.15, 0.2) is 0 Å². The molecule has 4 heteroatoms. The number of aliphatic carboxylic acids is 1. The van der Waals surface area contributed by atoms with E-state index in [1.807, 2.05) is 6.92 Å². The van der Waals surface area contributed by atoms with Gasteiger partial charge in [0.1, 0.15) is 5.54 Å². The zero-order chi connectivity index (χ0) is 11.7. The summed E-state index contributed by atoms with van der Waals surface area (Å²) in [6, 6.07) is 0. The summed E-state index contributed by atoms with van der Waals surface area (Å²) in [6.45, 7) is 4.12. The van der Waals surface area contributed by atoms with E-state index in [1.54, 1.807) is 11.8 Å². The fourth-order valence-electron chi connectivity index (χ4n) is 1.39. The molecule has 0 spiro atoms. The van der Waals surface area contributed by atoms with Gasteiger partial charge in [0.05, 0.1) is 0 Å². The summed E-state index contributed by atoms with van der Waals surface area (Å²) in [4.78, 5) is 11.0. The quantitative estimate of drug-likeness (QED) is 0.601. The van der Waals surface area contributed by atoms with Crippen molar-refractivity contribution in [2.24, 2.45) is 5.73 Å². The predicted molar refractivity (Wildman–Crippen MR) is 66.3 cm³/mol. The first-order valence-electron chi connectivity index (χ1n) is 5.67. The molecule has 0 rings (SSSR count). The Hall–Kier alpha value is -0.220. The molecule has 0 radical (unpaired) electrons. The molecule has 0 aromatic carbocycles. The molecule has 0 fully saturated rings. The van der Waals surface area contributed by atoms with Gasteiger partial charge in [-0.3, -0.25) is 4.79 Å². The van der Waals surface area contributed by atoms with Crippen LogP contribution >= 0.6 is 11.8 Å². The lowest BCUT2D eigenvalue weighted by Gasteiger charge is -2.23. The number of unbranched alkanes of at least 4 members (excludes halogenated alkanes) is 1. The zero-order valence-corrected chi connectivity index (χ0v) is 10.6. The van der Waals surface area contributed by atoms with Gasteiger partial charge in [-0.1, -0.05) is 26.7 Å². The number of carboxylic acids is 1. The standard InChI is InChI=1S/C11H23NO2S/c1-3-5-8-15-9-7-11(12,6-4-2)10(13)14/h3-9,12H2,1-2H3,(H,13,14)/t11-/m0/s1. The molecule has 0 aliphatic rings. The van der Waals surface area contributed by atoms with Crippen molar-refractivity contribution >= 4 is 17.7 Å². The second-order valence-corrected chi connectivity index (χ2v) is 5.15. The summed E-state index contributed by atoms with van der Waals surface area (Å²) < 4.78 is 0. The van der Waals surface area contributed by atoms with Crippen LogP contribution in [-0.2, 0) is 4.79 Å². The van der Waals surface area contributed by atoms with E-state index in [1.165, 1.54) is 12.8 Å². The van der Waals surface area contributed by atoms with Gasteiger partial charge in [-0.05, 0) is 30.8 Å². The third-order valence-corrected chi connectivity index (χ3v) is 3.53. The highest BCUT2D eigenvalue weighted by Crippen LogP contribution is 2.18. The topological polar surface area (TPSA) is 63.3 Å². The summed E-state index contributed by atoms with van der Waals surface area (Å²) in [5, 5.41) is 9.03. The number of rotatable bonds is 9. The number of hydrogen-bond acceptors (Lipinski definition) is 3. The monoisotopic (exact) mass is 233 g/mol. The fourth-order valence-corrected chi connectivity index (χ4v) is 2.59. The van der Waals surface area contributed by atoms with Crippen molar-refractivity contribution in [1.82, 2.24) is 0 Å². The molecule has 0 heterocycles. The van der Waals surface area contributed by atoms with Gasteiger partial charge in [-0.25, -0.2) is 0 Å². The van der Waals surface area contributed by atoms with Crippen LogP contribution in [0.2, 0.25) is 0 Å². The second-order valence-electron chi connectivity index (χ2n) is 3.93. The minimum absolute atomic E-state index is 0.566. The van der Waals surface area contributed by atoms with Crippen LogP contribution in [0.15, 0.2) is 0 Å². The summed E-state index contributed by atoms with van der Waals surface area (Å²) in [5.74, 6) is 1.10. The highest BCUT2D eigenvalue weighted by Gasteiger charge is 2.32. The maximum atomic E-state index is 11.0. The van der Waals surface area contributed by atoms with Gasteiger partial charge in [-0.2, -0.15) is 11.8 Å². The molecule has 0 aliphatic heterocycles. The van der Waals surface area contributed by atoms with Gasteiger partial charge in [0.25, 0.3) is 0 Å². The van der Waals surface area contributed by atoms with Crippen LogP contribution < -0.4 is 5.73 Å². The lowest BCUT2D eigenvalue weighted by Crippen LogP contribution is -2.48. The van der Waals surface area contributed by atoms with Crippen LogP contribution in [0.25, 0.3) is 0 Å². The third-order valence-electron chi connectivity index (χ3n) is 2.46. The zero-order valence-electron chi connectivity index (χ0n) is 9.79. The highest BCUT2D eigenvalue weighted by atomic mass is 32.2. The molecule has 0 unspecified atom stereocenters. The number of thioether (sulfide) groups is 1. The smallest absolute Gasteiger partial charge is 0.323 e. The first-order valence-corrected chi connectivity index (χ1v) is 6.82. The van der Waals surface area contributed by atoms with Crippen molar-refractivity contribution in [3.8, 4) is 0 Å². The maximum Gasteiger partial charge on any atom is 0.323 e. The van der Waals surface area contributed by atoms with Crippen LogP contribution in [0.1, 0.15) is 46.0 Å². The Morgan fingerprint density at radius 3 is 2.40 bits per heavy atom. The van der Waals surface area contributed by atoms with Crippen molar-refractivity contribution in [3.63, 3.8) is 0 Å². The maximum absolute atomic E-state index is 11.0. The molecular formula is C11H23NO2S. The lowest BCUT2D eigenvalue weighted by atomic mass is 9.92. The Kier molecular flexibility index (Phi) is 7.88. The SMILES string of the molecule is CCCCSCC[C@@](N)(CCC)C(=O)O. The Balaban J connectivity index is 3.81. The summed E-state index contributed by atoms with van der Waals surface area (Å²) >= 11 is 1.80. The molecular weight excluding hydrogens is 210 g/mol. The minimum Gasteiger partial charge on any atom is -0.480 e. The van der Waals surface area contributed by atoms with Crippen LogP contribution in [0, 0.1) is 0 Å². The van der Waals surface area contributed by atoms with E-state index in [4.69, 9.17) is 10.8 Å². The molecule has 0 bridgehead atoms. The molecule has 15 heavy (non-hydrogen) atoms. The summed E-state index contributed by atoms with van der Waals surface area (Å²) in [5.41, 5.74) is 4.85. The summed E-state index contributed by atoms with van der Waals surface area (Å²) in [6.07, 6.45) is 4.35. The largest absolute Gasteiger partial charge is 0.480 e. The molecule has 0 aliphatic carbocycles. The third kappa shape index (κ3) is 6.05. The minimum atomic E-state index is -1.01. The van der Waals surface area contributed by atoms with E-state index in [0.29, 0.717) is 12.8 Å². The van der Waals surface area contributed by atoms with Crippen molar-refractivity contribution in [2.75, 3.05) is 11.5 Å². The van der Waals surface area contributed by atoms with Crippen molar-refractivity contribution < 1.29 is 9.90 Å². The second kappa shape index (κ2) is 7.99. The molecule has 3 N–H and O–H groups in total. The molecule has 0 saturated heterocycles. The Labute approximate surface area is 96.8 Å². The summed E-state index contributed by atoms with van der Waals surface area (Å²) in [7, 11) is 0. The van der Waals surface area contributed by atoms with Gasteiger partial charge >= 0.3 is 5.97 Å².